The summed E-state index contributed by atoms with van der Waals surface area (Å²) in [6, 6.07) is 29.8. The van der Waals surface area contributed by atoms with Gasteiger partial charge in [-0.05, 0) is 104 Å². The number of thioether (sulfide) groups is 1. The monoisotopic (exact) mass is 591 g/mol. The highest BCUT2D eigenvalue weighted by Crippen LogP contribution is 2.26. The fourth-order valence-electron chi connectivity index (χ4n) is 4.22. The van der Waals surface area contributed by atoms with E-state index in [-0.39, 0.29) is 22.8 Å². The smallest absolute Gasteiger partial charge is 0.272 e. The van der Waals surface area contributed by atoms with Crippen LogP contribution in [0.4, 0.5) is 11.4 Å². The van der Waals surface area contributed by atoms with Crippen molar-refractivity contribution in [2.75, 3.05) is 10.6 Å². The molecule has 0 aliphatic rings. The summed E-state index contributed by atoms with van der Waals surface area (Å²) in [6.07, 6.45) is 1.67. The van der Waals surface area contributed by atoms with Crippen LogP contribution in [0, 0.1) is 13.8 Å². The number of aryl methyl sites for hydroxylation is 2. The van der Waals surface area contributed by atoms with E-state index in [0.29, 0.717) is 17.2 Å². The van der Waals surface area contributed by atoms with Crippen LogP contribution >= 0.6 is 11.8 Å². The van der Waals surface area contributed by atoms with Crippen molar-refractivity contribution >= 4 is 46.9 Å². The highest BCUT2D eigenvalue weighted by atomic mass is 32.2. The normalized spacial score (nSPS) is 12.0. The molecule has 4 rings (SSSR count). The molecular formula is C36H37N3O3S. The molecule has 0 bridgehead atoms. The molecule has 0 fully saturated rings. The number of benzene rings is 4. The van der Waals surface area contributed by atoms with Gasteiger partial charge in [0, 0.05) is 21.8 Å². The van der Waals surface area contributed by atoms with Crippen LogP contribution in [0.3, 0.4) is 0 Å². The van der Waals surface area contributed by atoms with Gasteiger partial charge in [-0.1, -0.05) is 62.4 Å². The zero-order chi connectivity index (χ0) is 30.9. The van der Waals surface area contributed by atoms with E-state index < -0.39 is 5.91 Å². The number of rotatable bonds is 10. The van der Waals surface area contributed by atoms with E-state index in [1.165, 1.54) is 22.9 Å². The van der Waals surface area contributed by atoms with E-state index in [0.717, 1.165) is 21.7 Å². The molecule has 4 aromatic rings. The molecule has 43 heavy (non-hydrogen) atoms. The van der Waals surface area contributed by atoms with Gasteiger partial charge in [0.1, 0.15) is 5.70 Å². The van der Waals surface area contributed by atoms with Crippen molar-refractivity contribution in [1.82, 2.24) is 5.32 Å². The molecule has 0 saturated carbocycles. The summed E-state index contributed by atoms with van der Waals surface area (Å²) in [5.41, 5.74) is 6.20. The summed E-state index contributed by atoms with van der Waals surface area (Å²) in [4.78, 5) is 40.0. The van der Waals surface area contributed by atoms with Crippen molar-refractivity contribution in [2.24, 2.45) is 0 Å². The Morgan fingerprint density at radius 1 is 0.721 bits per heavy atom. The molecule has 220 valence electrons. The van der Waals surface area contributed by atoms with Gasteiger partial charge in [0.05, 0.1) is 5.25 Å². The first-order valence-corrected chi connectivity index (χ1v) is 15.1. The van der Waals surface area contributed by atoms with Gasteiger partial charge in [-0.2, -0.15) is 0 Å². The van der Waals surface area contributed by atoms with Gasteiger partial charge in [-0.15, -0.1) is 11.8 Å². The predicted molar refractivity (Wildman–Crippen MR) is 177 cm³/mol. The maximum absolute atomic E-state index is 13.4. The maximum atomic E-state index is 13.4. The Kier molecular flexibility index (Phi) is 10.6. The molecule has 0 heterocycles. The lowest BCUT2D eigenvalue weighted by Crippen LogP contribution is -2.30. The van der Waals surface area contributed by atoms with Gasteiger partial charge in [0.2, 0.25) is 5.91 Å². The summed E-state index contributed by atoms with van der Waals surface area (Å²) in [5.74, 6) is -0.523. The number of carbonyl (C=O) groups excluding carboxylic acids is 3. The third kappa shape index (κ3) is 8.93. The van der Waals surface area contributed by atoms with Gasteiger partial charge in [0.15, 0.2) is 0 Å². The molecule has 0 aliphatic heterocycles. The number of carbonyl (C=O) groups is 3. The summed E-state index contributed by atoms with van der Waals surface area (Å²) < 4.78 is 0. The Morgan fingerprint density at radius 2 is 1.37 bits per heavy atom. The number of anilines is 2. The van der Waals surface area contributed by atoms with E-state index >= 15 is 0 Å². The molecule has 1 atom stereocenters. The second-order valence-electron chi connectivity index (χ2n) is 10.7. The number of nitrogens with one attached hydrogen (secondary N) is 3. The average Bonchev–Trinajstić information content (AvgIpc) is 3.00. The first-order chi connectivity index (χ1) is 20.6. The minimum atomic E-state index is -0.446. The van der Waals surface area contributed by atoms with Gasteiger partial charge in [0.25, 0.3) is 11.8 Å². The maximum Gasteiger partial charge on any atom is 0.272 e. The van der Waals surface area contributed by atoms with Gasteiger partial charge in [-0.25, -0.2) is 0 Å². The third-order valence-electron chi connectivity index (χ3n) is 7.01. The SMILES string of the molecule is Cc1ccc(NC(=O)C(C)Sc2ccc(NC(=O)/C(=C/c3ccc(C(C)C)cc3)NC(=O)c3ccccc3)cc2)cc1C. The van der Waals surface area contributed by atoms with Crippen LogP contribution in [0.1, 0.15) is 59.3 Å². The molecular weight excluding hydrogens is 554 g/mol. The molecule has 3 amide bonds. The number of hydrogen-bond acceptors (Lipinski definition) is 4. The largest absolute Gasteiger partial charge is 0.325 e. The van der Waals surface area contributed by atoms with Gasteiger partial charge in [-0.3, -0.25) is 14.4 Å². The zero-order valence-corrected chi connectivity index (χ0v) is 25.9. The quantitative estimate of drug-likeness (QED) is 0.129. The van der Waals surface area contributed by atoms with Crippen LogP contribution in [0.25, 0.3) is 6.08 Å². The Balaban J connectivity index is 1.44. The minimum absolute atomic E-state index is 0.0870. The van der Waals surface area contributed by atoms with Crippen LogP contribution < -0.4 is 16.0 Å². The summed E-state index contributed by atoms with van der Waals surface area (Å²) in [7, 11) is 0. The van der Waals surface area contributed by atoms with Crippen molar-refractivity contribution in [3.05, 3.63) is 131 Å². The molecule has 4 aromatic carbocycles. The Labute approximate surface area is 258 Å². The van der Waals surface area contributed by atoms with E-state index in [2.05, 4.69) is 29.8 Å². The minimum Gasteiger partial charge on any atom is -0.325 e. The average molecular weight is 592 g/mol. The Hall–Kier alpha value is -4.62. The van der Waals surface area contributed by atoms with Crippen molar-refractivity contribution in [1.29, 1.82) is 0 Å². The lowest BCUT2D eigenvalue weighted by Gasteiger charge is -2.14. The standard InChI is InChI=1S/C36H37N3O3S/c1-23(2)28-14-12-27(13-15-28)22-33(39-35(41)29-9-7-6-8-10-29)36(42)37-30-17-19-32(20-18-30)43-26(5)34(40)38-31-16-11-24(3)25(4)21-31/h6-23,26H,1-5H3,(H,37,42)(H,38,40)(H,39,41)/b33-22-. The van der Waals surface area contributed by atoms with E-state index in [9.17, 15) is 14.4 Å². The van der Waals surface area contributed by atoms with E-state index in [1.807, 2.05) is 81.4 Å². The van der Waals surface area contributed by atoms with Crippen LogP contribution in [-0.4, -0.2) is 23.0 Å². The fourth-order valence-corrected chi connectivity index (χ4v) is 5.09. The molecule has 0 aromatic heterocycles. The van der Waals surface area contributed by atoms with Crippen LogP contribution in [0.2, 0.25) is 0 Å². The summed E-state index contributed by atoms with van der Waals surface area (Å²) >= 11 is 1.43. The molecule has 0 saturated heterocycles. The summed E-state index contributed by atoms with van der Waals surface area (Å²) in [5, 5.41) is 8.31. The van der Waals surface area contributed by atoms with E-state index in [4.69, 9.17) is 0 Å². The predicted octanol–water partition coefficient (Wildman–Crippen LogP) is 7.96. The first kappa shape index (κ1) is 31.3. The molecule has 0 spiro atoms. The molecule has 1 unspecified atom stereocenters. The van der Waals surface area contributed by atoms with Crippen molar-refractivity contribution in [3.8, 4) is 0 Å². The second kappa shape index (κ2) is 14.5. The highest BCUT2D eigenvalue weighted by Gasteiger charge is 2.17. The lowest BCUT2D eigenvalue weighted by molar-refractivity contribution is -0.115. The van der Waals surface area contributed by atoms with Crippen LogP contribution in [-0.2, 0) is 9.59 Å². The zero-order valence-electron chi connectivity index (χ0n) is 25.1. The van der Waals surface area contributed by atoms with Gasteiger partial charge >= 0.3 is 0 Å². The van der Waals surface area contributed by atoms with Crippen LogP contribution in [0.15, 0.2) is 108 Å². The molecule has 7 heteroatoms. The molecule has 0 radical (unpaired) electrons. The molecule has 6 nitrogen and oxygen atoms in total. The molecule has 3 N–H and O–H groups in total. The fraction of sp³-hybridized carbons (Fsp3) is 0.194. The van der Waals surface area contributed by atoms with Gasteiger partial charge < -0.3 is 16.0 Å². The van der Waals surface area contributed by atoms with Crippen molar-refractivity contribution in [3.63, 3.8) is 0 Å². The van der Waals surface area contributed by atoms with E-state index in [1.54, 1.807) is 42.5 Å². The molecule has 0 aliphatic carbocycles. The van der Waals surface area contributed by atoms with Crippen LogP contribution in [0.5, 0.6) is 0 Å². The number of amides is 3. The lowest BCUT2D eigenvalue weighted by atomic mass is 10.0. The Bertz CT molecular complexity index is 1610. The third-order valence-corrected chi connectivity index (χ3v) is 8.12. The number of hydrogen-bond donors (Lipinski definition) is 3. The topological polar surface area (TPSA) is 87.3 Å². The second-order valence-corrected chi connectivity index (χ2v) is 12.1. The highest BCUT2D eigenvalue weighted by molar-refractivity contribution is 8.00. The van der Waals surface area contributed by atoms with Crippen molar-refractivity contribution in [2.45, 2.75) is 50.7 Å². The first-order valence-electron chi connectivity index (χ1n) is 14.2. The van der Waals surface area contributed by atoms with Crippen molar-refractivity contribution < 1.29 is 14.4 Å². The Morgan fingerprint density at radius 3 is 2.00 bits per heavy atom. The summed E-state index contributed by atoms with van der Waals surface area (Å²) in [6.45, 7) is 10.2.